The van der Waals surface area contributed by atoms with Gasteiger partial charge in [-0.15, -0.1) is 0 Å². The molecule has 0 fully saturated rings. The van der Waals surface area contributed by atoms with Crippen LogP contribution in [-0.4, -0.2) is 17.7 Å². The molecule has 0 saturated heterocycles. The molecule has 0 unspecified atom stereocenters. The topological polar surface area (TPSA) is 35.5 Å². The second kappa shape index (κ2) is 8.49. The summed E-state index contributed by atoms with van der Waals surface area (Å²) in [4.78, 5) is 13.0. The van der Waals surface area contributed by atoms with Gasteiger partial charge < -0.3 is 9.47 Å². The highest BCUT2D eigenvalue weighted by Gasteiger charge is 2.16. The summed E-state index contributed by atoms with van der Waals surface area (Å²) in [5.41, 5.74) is 0.935. The highest BCUT2D eigenvalue weighted by molar-refractivity contribution is 7.96. The molecule has 2 aromatic carbocycles. The van der Waals surface area contributed by atoms with E-state index in [0.29, 0.717) is 5.75 Å². The maximum atomic E-state index is 11.7. The molecule has 2 aromatic rings. The molecule has 0 aliphatic rings. The van der Waals surface area contributed by atoms with Crippen LogP contribution >= 0.6 is 0 Å². The molecular weight excluding hydrogens is 296 g/mol. The summed E-state index contributed by atoms with van der Waals surface area (Å²) in [6.45, 7) is 4.60. The second-order valence-corrected chi connectivity index (χ2v) is 7.28. The minimum Gasteiger partial charge on any atom is -0.429 e. The zero-order valence-corrected chi connectivity index (χ0v) is 13.8. The molecule has 4 heteroatoms. The summed E-state index contributed by atoms with van der Waals surface area (Å²) in [6, 6.07) is 17.2. The Kier molecular flexibility index (Phi) is 6.34. The molecule has 0 amide bonds. The van der Waals surface area contributed by atoms with Crippen molar-refractivity contribution in [3.63, 3.8) is 0 Å². The smallest absolute Gasteiger partial charge is 0.429 e. The van der Waals surface area contributed by atoms with E-state index < -0.39 is 6.16 Å². The van der Waals surface area contributed by atoms with Crippen molar-refractivity contribution >= 4 is 17.1 Å². The first-order chi connectivity index (χ1) is 10.7. The Morgan fingerprint density at radius 2 is 1.59 bits per heavy atom. The molecule has 2 rings (SSSR count). The summed E-state index contributed by atoms with van der Waals surface area (Å²) < 4.78 is 10.3. The van der Waals surface area contributed by atoms with Gasteiger partial charge in [-0.25, -0.2) is 4.79 Å². The van der Waals surface area contributed by atoms with Crippen LogP contribution in [0.25, 0.3) is 0 Å². The molecule has 116 valence electrons. The van der Waals surface area contributed by atoms with Gasteiger partial charge in [-0.05, 0) is 43.7 Å². The highest BCUT2D eigenvalue weighted by Crippen LogP contribution is 2.19. The lowest BCUT2D eigenvalue weighted by atomic mass is 10.2. The summed E-state index contributed by atoms with van der Waals surface area (Å²) in [5.74, 6) is 2.78. The van der Waals surface area contributed by atoms with E-state index in [1.54, 1.807) is 0 Å². The molecule has 0 spiro atoms. The Bertz CT molecular complexity index is 577. The largest absolute Gasteiger partial charge is 0.514 e. The molecule has 0 N–H and O–H groups in total. The lowest BCUT2D eigenvalue weighted by molar-refractivity contribution is 0.0927. The summed E-state index contributed by atoms with van der Waals surface area (Å²) >= 11 is 0. The summed E-state index contributed by atoms with van der Waals surface area (Å²) in [7, 11) is 0.277. The zero-order chi connectivity index (χ0) is 15.8. The normalized spacial score (nSPS) is 10.5. The van der Waals surface area contributed by atoms with Crippen molar-refractivity contribution in [3.8, 4) is 5.75 Å². The molecule has 3 nitrogen and oxygen atoms in total. The quantitative estimate of drug-likeness (QED) is 0.449. The third kappa shape index (κ3) is 4.81. The standard InChI is InChI=1S/C18H21O3S/c1-3-22(4-2)17-12-10-16(11-13-17)21-18(19)20-14-15-8-6-5-7-9-15/h5-13H,3-4,14H2,1-2H3/q+1. The number of carbonyl (C=O) groups excluding carboxylic acids is 1. The molecule has 0 aliphatic heterocycles. The van der Waals surface area contributed by atoms with Crippen molar-refractivity contribution in [1.82, 2.24) is 0 Å². The van der Waals surface area contributed by atoms with Crippen molar-refractivity contribution in [3.05, 3.63) is 60.2 Å². The Morgan fingerprint density at radius 3 is 2.18 bits per heavy atom. The van der Waals surface area contributed by atoms with Gasteiger partial charge in [-0.1, -0.05) is 30.3 Å². The first-order valence-corrected chi connectivity index (χ1v) is 8.95. The van der Waals surface area contributed by atoms with Crippen LogP contribution in [0.1, 0.15) is 19.4 Å². The van der Waals surface area contributed by atoms with Gasteiger partial charge in [0, 0.05) is 10.9 Å². The van der Waals surface area contributed by atoms with E-state index in [9.17, 15) is 4.79 Å². The van der Waals surface area contributed by atoms with E-state index >= 15 is 0 Å². The van der Waals surface area contributed by atoms with E-state index in [2.05, 4.69) is 13.8 Å². The molecule has 0 bridgehead atoms. The van der Waals surface area contributed by atoms with Crippen molar-refractivity contribution in [2.24, 2.45) is 0 Å². The highest BCUT2D eigenvalue weighted by atomic mass is 32.2. The minimum absolute atomic E-state index is 0.215. The van der Waals surface area contributed by atoms with E-state index in [4.69, 9.17) is 9.47 Å². The Morgan fingerprint density at radius 1 is 0.955 bits per heavy atom. The fourth-order valence-electron chi connectivity index (χ4n) is 2.08. The van der Waals surface area contributed by atoms with Crippen LogP contribution in [0.15, 0.2) is 59.5 Å². The van der Waals surface area contributed by atoms with E-state index in [-0.39, 0.29) is 17.5 Å². The van der Waals surface area contributed by atoms with Gasteiger partial charge in [0.15, 0.2) is 4.90 Å². The predicted molar refractivity (Wildman–Crippen MR) is 90.4 cm³/mol. The van der Waals surface area contributed by atoms with Crippen LogP contribution in [-0.2, 0) is 22.2 Å². The van der Waals surface area contributed by atoms with E-state index in [1.165, 1.54) is 4.90 Å². The average molecular weight is 317 g/mol. The Hall–Kier alpha value is -1.94. The van der Waals surface area contributed by atoms with Crippen molar-refractivity contribution in [2.75, 3.05) is 11.5 Å². The molecule has 0 saturated carbocycles. The molecule has 22 heavy (non-hydrogen) atoms. The Labute approximate surface area is 134 Å². The molecule has 0 aromatic heterocycles. The van der Waals surface area contributed by atoms with E-state index in [1.807, 2.05) is 54.6 Å². The predicted octanol–water partition coefficient (Wildman–Crippen LogP) is 4.42. The molecular formula is C18H21O3S+. The van der Waals surface area contributed by atoms with Crippen LogP contribution in [0.3, 0.4) is 0 Å². The average Bonchev–Trinajstić information content (AvgIpc) is 2.56. The SMILES string of the molecule is CC[S+](CC)c1ccc(OC(=O)OCc2ccccc2)cc1. The van der Waals surface area contributed by atoms with Gasteiger partial charge in [-0.3, -0.25) is 0 Å². The zero-order valence-electron chi connectivity index (χ0n) is 13.0. The minimum atomic E-state index is -0.679. The lowest BCUT2D eigenvalue weighted by Gasteiger charge is -2.07. The van der Waals surface area contributed by atoms with Crippen molar-refractivity contribution in [2.45, 2.75) is 25.3 Å². The summed E-state index contributed by atoms with van der Waals surface area (Å²) in [6.07, 6.45) is -0.679. The molecule has 0 radical (unpaired) electrons. The number of benzene rings is 2. The van der Waals surface area contributed by atoms with Crippen LogP contribution in [0.5, 0.6) is 5.75 Å². The van der Waals surface area contributed by atoms with E-state index in [0.717, 1.165) is 17.1 Å². The van der Waals surface area contributed by atoms with Crippen LogP contribution in [0.2, 0.25) is 0 Å². The third-order valence-corrected chi connectivity index (χ3v) is 5.59. The van der Waals surface area contributed by atoms with Crippen LogP contribution in [0, 0.1) is 0 Å². The number of rotatable bonds is 6. The maximum Gasteiger partial charge on any atom is 0.514 e. The van der Waals surface area contributed by atoms with Crippen LogP contribution < -0.4 is 4.74 Å². The Balaban J connectivity index is 1.86. The number of ether oxygens (including phenoxy) is 2. The van der Waals surface area contributed by atoms with Gasteiger partial charge in [0.05, 0.1) is 0 Å². The lowest BCUT2D eigenvalue weighted by Crippen LogP contribution is -2.11. The first kappa shape index (κ1) is 16.4. The van der Waals surface area contributed by atoms with Crippen LogP contribution in [0.4, 0.5) is 4.79 Å². The fraction of sp³-hybridized carbons (Fsp3) is 0.278. The van der Waals surface area contributed by atoms with Gasteiger partial charge in [0.25, 0.3) is 0 Å². The second-order valence-electron chi connectivity index (χ2n) is 4.67. The third-order valence-electron chi connectivity index (χ3n) is 3.25. The number of hydrogen-bond acceptors (Lipinski definition) is 3. The number of carbonyl (C=O) groups is 1. The van der Waals surface area contributed by atoms with Gasteiger partial charge in [-0.2, -0.15) is 0 Å². The van der Waals surface area contributed by atoms with Gasteiger partial charge >= 0.3 is 6.16 Å². The summed E-state index contributed by atoms with van der Waals surface area (Å²) in [5, 5.41) is 0. The fourth-order valence-corrected chi connectivity index (χ4v) is 3.68. The first-order valence-electron chi connectivity index (χ1n) is 7.39. The molecule has 0 aliphatic carbocycles. The van der Waals surface area contributed by atoms with Gasteiger partial charge in [0.1, 0.15) is 23.9 Å². The van der Waals surface area contributed by atoms with Crippen molar-refractivity contribution in [1.29, 1.82) is 0 Å². The maximum absolute atomic E-state index is 11.7. The number of hydrogen-bond donors (Lipinski definition) is 0. The molecule has 0 heterocycles. The van der Waals surface area contributed by atoms with Gasteiger partial charge in [0.2, 0.25) is 0 Å². The molecule has 0 atom stereocenters. The monoisotopic (exact) mass is 317 g/mol. The van der Waals surface area contributed by atoms with Crippen molar-refractivity contribution < 1.29 is 14.3 Å².